The number of anilines is 2. The molecule has 0 saturated heterocycles. The summed E-state index contributed by atoms with van der Waals surface area (Å²) in [6.45, 7) is 0. The van der Waals surface area contributed by atoms with Crippen LogP contribution in [-0.4, -0.2) is 30.0 Å². The Bertz CT molecular complexity index is 588. The lowest BCUT2D eigenvalue weighted by atomic mass is 10.2. The summed E-state index contributed by atoms with van der Waals surface area (Å²) < 4.78 is 0. The van der Waals surface area contributed by atoms with E-state index in [9.17, 15) is 4.79 Å². The third-order valence-electron chi connectivity index (χ3n) is 2.59. The zero-order valence-corrected chi connectivity index (χ0v) is 11.3. The van der Waals surface area contributed by atoms with Gasteiger partial charge in [-0.05, 0) is 24.3 Å². The first kappa shape index (κ1) is 13.3. The summed E-state index contributed by atoms with van der Waals surface area (Å²) in [6, 6.07) is 8.56. The maximum atomic E-state index is 12.3. The Labute approximate surface area is 116 Å². The van der Waals surface area contributed by atoms with E-state index < -0.39 is 0 Å². The van der Waals surface area contributed by atoms with E-state index in [0.29, 0.717) is 17.2 Å². The van der Waals surface area contributed by atoms with Crippen molar-refractivity contribution in [1.29, 1.82) is 0 Å². The predicted molar refractivity (Wildman–Crippen MR) is 75.8 cm³/mol. The van der Waals surface area contributed by atoms with Gasteiger partial charge in [-0.15, -0.1) is 0 Å². The summed E-state index contributed by atoms with van der Waals surface area (Å²) in [5.74, 6) is 0.927. The molecule has 2 rings (SSSR count). The molecule has 6 heteroatoms. The largest absolute Gasteiger partial charge is 0.373 e. The second-order valence-corrected chi connectivity index (χ2v) is 4.25. The van der Waals surface area contributed by atoms with Crippen LogP contribution in [0.15, 0.2) is 36.5 Å². The van der Waals surface area contributed by atoms with Crippen molar-refractivity contribution in [3.63, 3.8) is 0 Å². The van der Waals surface area contributed by atoms with Gasteiger partial charge in [0.1, 0.15) is 16.8 Å². The van der Waals surface area contributed by atoms with Gasteiger partial charge in [0.15, 0.2) is 0 Å². The van der Waals surface area contributed by atoms with Crippen LogP contribution in [0.3, 0.4) is 0 Å². The van der Waals surface area contributed by atoms with Gasteiger partial charge in [0.05, 0.1) is 0 Å². The number of carbonyl (C=O) groups is 1. The topological polar surface area (TPSA) is 58.1 Å². The molecule has 0 bridgehead atoms. The molecule has 0 unspecified atom stereocenters. The van der Waals surface area contributed by atoms with E-state index in [2.05, 4.69) is 15.3 Å². The van der Waals surface area contributed by atoms with Crippen molar-refractivity contribution in [2.75, 3.05) is 24.3 Å². The number of amides is 1. The van der Waals surface area contributed by atoms with Crippen LogP contribution in [0.5, 0.6) is 0 Å². The van der Waals surface area contributed by atoms with Gasteiger partial charge in [-0.1, -0.05) is 17.7 Å². The molecule has 0 aromatic carbocycles. The third kappa shape index (κ3) is 3.00. The minimum absolute atomic E-state index is 0.195. The zero-order valence-electron chi connectivity index (χ0n) is 10.6. The second kappa shape index (κ2) is 5.67. The summed E-state index contributed by atoms with van der Waals surface area (Å²) in [6.07, 6.45) is 1.64. The van der Waals surface area contributed by atoms with Crippen molar-refractivity contribution in [3.8, 4) is 0 Å². The minimum Gasteiger partial charge on any atom is -0.373 e. The lowest BCUT2D eigenvalue weighted by Crippen LogP contribution is -2.27. The number of halogens is 1. The molecule has 0 fully saturated rings. The average Bonchev–Trinajstić information content (AvgIpc) is 2.46. The van der Waals surface area contributed by atoms with E-state index in [4.69, 9.17) is 11.6 Å². The van der Waals surface area contributed by atoms with Crippen molar-refractivity contribution in [3.05, 3.63) is 47.2 Å². The van der Waals surface area contributed by atoms with Gasteiger partial charge in [-0.25, -0.2) is 9.97 Å². The first-order chi connectivity index (χ1) is 9.11. The van der Waals surface area contributed by atoms with Crippen molar-refractivity contribution >= 4 is 29.1 Å². The average molecular weight is 277 g/mol. The second-order valence-electron chi connectivity index (χ2n) is 3.87. The molecular weight excluding hydrogens is 264 g/mol. The number of hydrogen-bond acceptors (Lipinski definition) is 4. The number of carbonyl (C=O) groups excluding carboxylic acids is 1. The molecule has 0 radical (unpaired) electrons. The lowest BCUT2D eigenvalue weighted by Gasteiger charge is -2.16. The molecule has 2 heterocycles. The fraction of sp³-hybridized carbons (Fsp3) is 0.154. The maximum Gasteiger partial charge on any atom is 0.259 e. The fourth-order valence-corrected chi connectivity index (χ4v) is 1.81. The molecular formula is C13H13ClN4O. The quantitative estimate of drug-likeness (QED) is 0.875. The molecule has 1 amide bonds. The monoisotopic (exact) mass is 276 g/mol. The van der Waals surface area contributed by atoms with Crippen molar-refractivity contribution < 1.29 is 4.79 Å². The highest BCUT2D eigenvalue weighted by atomic mass is 35.5. The number of rotatable bonds is 3. The van der Waals surface area contributed by atoms with Gasteiger partial charge in [-0.3, -0.25) is 9.69 Å². The third-order valence-corrected chi connectivity index (χ3v) is 2.79. The molecule has 0 atom stereocenters. The summed E-state index contributed by atoms with van der Waals surface area (Å²) in [7, 11) is 3.38. The fourth-order valence-electron chi connectivity index (χ4n) is 1.60. The molecule has 98 valence electrons. The van der Waals surface area contributed by atoms with Crippen LogP contribution < -0.4 is 10.2 Å². The first-order valence-corrected chi connectivity index (χ1v) is 6.04. The van der Waals surface area contributed by atoms with Gasteiger partial charge in [0.25, 0.3) is 5.91 Å². The summed E-state index contributed by atoms with van der Waals surface area (Å²) in [5.41, 5.74) is 0.456. The molecule has 0 aliphatic rings. The Balaban J connectivity index is 2.31. The van der Waals surface area contributed by atoms with Crippen LogP contribution in [0.2, 0.25) is 5.15 Å². The van der Waals surface area contributed by atoms with E-state index in [-0.39, 0.29) is 11.1 Å². The maximum absolute atomic E-state index is 12.3. The molecule has 2 aromatic rings. The predicted octanol–water partition coefficient (Wildman–Crippen LogP) is 2.45. The van der Waals surface area contributed by atoms with Crippen molar-refractivity contribution in [1.82, 2.24) is 9.97 Å². The molecule has 0 aliphatic carbocycles. The lowest BCUT2D eigenvalue weighted by molar-refractivity contribution is 0.0992. The van der Waals surface area contributed by atoms with Crippen LogP contribution in [-0.2, 0) is 0 Å². The Morgan fingerprint density at radius 2 is 2.16 bits per heavy atom. The van der Waals surface area contributed by atoms with Crippen molar-refractivity contribution in [2.24, 2.45) is 0 Å². The molecule has 19 heavy (non-hydrogen) atoms. The highest BCUT2D eigenvalue weighted by molar-refractivity contribution is 6.30. The number of pyridine rings is 2. The highest BCUT2D eigenvalue weighted by Crippen LogP contribution is 2.17. The van der Waals surface area contributed by atoms with Crippen LogP contribution in [0.1, 0.15) is 10.4 Å². The van der Waals surface area contributed by atoms with E-state index in [1.165, 1.54) is 11.0 Å². The van der Waals surface area contributed by atoms with Gasteiger partial charge >= 0.3 is 0 Å². The Hall–Kier alpha value is -2.14. The number of nitrogens with one attached hydrogen (secondary N) is 1. The van der Waals surface area contributed by atoms with E-state index >= 15 is 0 Å². The molecule has 2 aromatic heterocycles. The van der Waals surface area contributed by atoms with E-state index in [0.717, 1.165) is 0 Å². The first-order valence-electron chi connectivity index (χ1n) is 5.66. The highest BCUT2D eigenvalue weighted by Gasteiger charge is 2.15. The Morgan fingerprint density at radius 3 is 2.79 bits per heavy atom. The SMILES string of the molecule is CNc1cc(C(=O)N(C)c2ccccn2)cc(Cl)n1. The van der Waals surface area contributed by atoms with Crippen LogP contribution in [0, 0.1) is 0 Å². The summed E-state index contributed by atoms with van der Waals surface area (Å²) in [5, 5.41) is 3.13. The van der Waals surface area contributed by atoms with Crippen LogP contribution in [0.4, 0.5) is 11.6 Å². The van der Waals surface area contributed by atoms with Crippen molar-refractivity contribution in [2.45, 2.75) is 0 Å². The van der Waals surface area contributed by atoms with Crippen LogP contribution in [0.25, 0.3) is 0 Å². The van der Waals surface area contributed by atoms with Gasteiger partial charge in [0.2, 0.25) is 0 Å². The standard InChI is InChI=1S/C13H13ClN4O/c1-15-11-8-9(7-10(14)17-11)13(19)18(2)12-5-3-4-6-16-12/h3-8H,1-2H3,(H,15,17). The molecule has 1 N–H and O–H groups in total. The molecule has 0 aliphatic heterocycles. The number of hydrogen-bond donors (Lipinski definition) is 1. The van der Waals surface area contributed by atoms with E-state index in [1.807, 2.05) is 6.07 Å². The molecule has 5 nitrogen and oxygen atoms in total. The zero-order chi connectivity index (χ0) is 13.8. The number of nitrogens with zero attached hydrogens (tertiary/aromatic N) is 3. The van der Waals surface area contributed by atoms with Crippen LogP contribution >= 0.6 is 11.6 Å². The molecule has 0 saturated carbocycles. The normalized spacial score (nSPS) is 10.1. The van der Waals surface area contributed by atoms with Gasteiger partial charge in [-0.2, -0.15) is 0 Å². The summed E-state index contributed by atoms with van der Waals surface area (Å²) >= 11 is 5.89. The smallest absolute Gasteiger partial charge is 0.259 e. The Morgan fingerprint density at radius 1 is 1.37 bits per heavy atom. The molecule has 0 spiro atoms. The van der Waals surface area contributed by atoms with Gasteiger partial charge < -0.3 is 5.32 Å². The minimum atomic E-state index is -0.195. The summed E-state index contributed by atoms with van der Waals surface area (Å²) in [4.78, 5) is 22.0. The van der Waals surface area contributed by atoms with Gasteiger partial charge in [0, 0.05) is 25.9 Å². The Kier molecular flexibility index (Phi) is 3.97. The van der Waals surface area contributed by atoms with E-state index in [1.54, 1.807) is 38.5 Å². The number of aromatic nitrogens is 2.